The highest BCUT2D eigenvalue weighted by atomic mass is 19.1. The smallest absolute Gasteiger partial charge is 0.227 e. The summed E-state index contributed by atoms with van der Waals surface area (Å²) < 4.78 is 18.9. The van der Waals surface area contributed by atoms with Crippen LogP contribution in [0.15, 0.2) is 28.8 Å². The van der Waals surface area contributed by atoms with E-state index in [1.165, 1.54) is 6.07 Å². The molecule has 0 saturated heterocycles. The summed E-state index contributed by atoms with van der Waals surface area (Å²) in [5.74, 6) is 1.05. The molecule has 0 aliphatic heterocycles. The van der Waals surface area contributed by atoms with Crippen molar-refractivity contribution in [3.8, 4) is 0 Å². The molecule has 0 radical (unpaired) electrons. The molecule has 1 heterocycles. The zero-order valence-corrected chi connectivity index (χ0v) is 12.1. The minimum absolute atomic E-state index is 0.00576. The fraction of sp³-hybridized carbons (Fsp3) is 0.467. The van der Waals surface area contributed by atoms with Crippen molar-refractivity contribution in [2.45, 2.75) is 38.6 Å². The zero-order chi connectivity index (χ0) is 14.5. The number of halogens is 1. The molecule has 0 bridgehead atoms. The number of likely N-dealkylation sites (N-methyl/N-ethyl adjacent to an activating group) is 1. The molecule has 108 valence electrons. The molecular formula is C15H20FN3O. The van der Waals surface area contributed by atoms with E-state index in [2.05, 4.69) is 22.4 Å². The van der Waals surface area contributed by atoms with Crippen molar-refractivity contribution in [3.63, 3.8) is 0 Å². The number of nitrogens with zero attached hydrogens (tertiary/aromatic N) is 2. The van der Waals surface area contributed by atoms with E-state index in [1.807, 2.05) is 20.0 Å². The summed E-state index contributed by atoms with van der Waals surface area (Å²) >= 11 is 0. The number of aromatic nitrogens is 2. The van der Waals surface area contributed by atoms with Gasteiger partial charge in [0.1, 0.15) is 5.82 Å². The highest BCUT2D eigenvalue weighted by molar-refractivity contribution is 5.21. The Morgan fingerprint density at radius 3 is 2.70 bits per heavy atom. The Morgan fingerprint density at radius 2 is 2.00 bits per heavy atom. The molecule has 2 unspecified atom stereocenters. The van der Waals surface area contributed by atoms with E-state index in [9.17, 15) is 4.39 Å². The molecule has 1 aromatic carbocycles. The van der Waals surface area contributed by atoms with Crippen LogP contribution in [0.3, 0.4) is 0 Å². The lowest BCUT2D eigenvalue weighted by Gasteiger charge is -2.09. The van der Waals surface area contributed by atoms with Crippen molar-refractivity contribution in [2.75, 3.05) is 7.05 Å². The number of benzene rings is 1. The number of hydrogen-bond acceptors (Lipinski definition) is 4. The SMILES string of the molecule is CNC(C)Cc1noc(CC(C)c2ccccc2F)n1. The van der Waals surface area contributed by atoms with Crippen LogP contribution in [0.5, 0.6) is 0 Å². The fourth-order valence-corrected chi connectivity index (χ4v) is 2.08. The van der Waals surface area contributed by atoms with Gasteiger partial charge in [-0.15, -0.1) is 0 Å². The van der Waals surface area contributed by atoms with Gasteiger partial charge in [0, 0.05) is 18.9 Å². The van der Waals surface area contributed by atoms with Crippen molar-refractivity contribution in [1.82, 2.24) is 15.5 Å². The Kier molecular flexibility index (Phi) is 4.84. The lowest BCUT2D eigenvalue weighted by atomic mass is 9.97. The maximum atomic E-state index is 13.7. The Hall–Kier alpha value is -1.75. The van der Waals surface area contributed by atoms with Crippen molar-refractivity contribution in [2.24, 2.45) is 0 Å². The van der Waals surface area contributed by atoms with Crippen molar-refractivity contribution in [3.05, 3.63) is 47.4 Å². The maximum absolute atomic E-state index is 13.7. The molecule has 0 fully saturated rings. The normalized spacial score (nSPS) is 14.2. The van der Waals surface area contributed by atoms with Crippen LogP contribution in [-0.2, 0) is 12.8 Å². The fourth-order valence-electron chi connectivity index (χ4n) is 2.08. The summed E-state index contributed by atoms with van der Waals surface area (Å²) in [6.45, 7) is 4.01. The van der Waals surface area contributed by atoms with Crippen LogP contribution in [0.1, 0.15) is 37.0 Å². The van der Waals surface area contributed by atoms with Crippen LogP contribution in [0.4, 0.5) is 4.39 Å². The van der Waals surface area contributed by atoms with Gasteiger partial charge >= 0.3 is 0 Å². The molecule has 0 aliphatic carbocycles. The highest BCUT2D eigenvalue weighted by Crippen LogP contribution is 2.22. The topological polar surface area (TPSA) is 51.0 Å². The van der Waals surface area contributed by atoms with E-state index in [4.69, 9.17) is 4.52 Å². The lowest BCUT2D eigenvalue weighted by molar-refractivity contribution is 0.364. The summed E-state index contributed by atoms with van der Waals surface area (Å²) in [6.07, 6.45) is 1.26. The molecule has 0 saturated carbocycles. The number of rotatable bonds is 6. The molecule has 0 amide bonds. The molecule has 2 aromatic rings. The molecule has 1 aromatic heterocycles. The van der Waals surface area contributed by atoms with Crippen LogP contribution in [0.2, 0.25) is 0 Å². The van der Waals surface area contributed by atoms with Crippen molar-refractivity contribution < 1.29 is 8.91 Å². The molecule has 0 aliphatic rings. The minimum atomic E-state index is -0.191. The van der Waals surface area contributed by atoms with Gasteiger partial charge in [0.05, 0.1) is 0 Å². The van der Waals surface area contributed by atoms with Crippen LogP contribution in [0.25, 0.3) is 0 Å². The quantitative estimate of drug-likeness (QED) is 0.882. The second kappa shape index (κ2) is 6.61. The average molecular weight is 277 g/mol. The minimum Gasteiger partial charge on any atom is -0.339 e. The van der Waals surface area contributed by atoms with Gasteiger partial charge in [-0.05, 0) is 31.5 Å². The first-order chi connectivity index (χ1) is 9.60. The predicted octanol–water partition coefficient (Wildman–Crippen LogP) is 2.71. The molecule has 2 rings (SSSR count). The van der Waals surface area contributed by atoms with E-state index in [-0.39, 0.29) is 11.7 Å². The summed E-state index contributed by atoms with van der Waals surface area (Å²) in [5, 5.41) is 7.08. The maximum Gasteiger partial charge on any atom is 0.227 e. The predicted molar refractivity (Wildman–Crippen MR) is 75.0 cm³/mol. The first-order valence-electron chi connectivity index (χ1n) is 6.83. The first-order valence-corrected chi connectivity index (χ1v) is 6.83. The Labute approximate surface area is 118 Å². The number of nitrogens with one attached hydrogen (secondary N) is 1. The van der Waals surface area contributed by atoms with Gasteiger partial charge in [0.25, 0.3) is 0 Å². The van der Waals surface area contributed by atoms with Crippen LogP contribution < -0.4 is 5.32 Å². The summed E-state index contributed by atoms with van der Waals surface area (Å²) in [4.78, 5) is 4.35. The Balaban J connectivity index is 2.02. The average Bonchev–Trinajstić information content (AvgIpc) is 2.86. The standard InChI is InChI=1S/C15H20FN3O/c1-10(12-6-4-5-7-13(12)16)8-15-18-14(19-20-15)9-11(2)17-3/h4-7,10-11,17H,8-9H2,1-3H3. The molecule has 4 nitrogen and oxygen atoms in total. The van der Waals surface area contributed by atoms with E-state index in [1.54, 1.807) is 12.1 Å². The van der Waals surface area contributed by atoms with E-state index < -0.39 is 0 Å². The third-order valence-corrected chi connectivity index (χ3v) is 3.41. The Bertz CT molecular complexity index is 556. The van der Waals surface area contributed by atoms with Gasteiger partial charge in [-0.3, -0.25) is 0 Å². The van der Waals surface area contributed by atoms with Crippen molar-refractivity contribution in [1.29, 1.82) is 0 Å². The summed E-state index contributed by atoms with van der Waals surface area (Å²) in [5.41, 5.74) is 0.677. The molecule has 5 heteroatoms. The molecular weight excluding hydrogens is 257 g/mol. The van der Waals surface area contributed by atoms with Gasteiger partial charge in [-0.2, -0.15) is 4.98 Å². The lowest BCUT2D eigenvalue weighted by Crippen LogP contribution is -2.24. The largest absolute Gasteiger partial charge is 0.339 e. The third-order valence-electron chi connectivity index (χ3n) is 3.41. The van der Waals surface area contributed by atoms with E-state index >= 15 is 0 Å². The third kappa shape index (κ3) is 3.63. The van der Waals surface area contributed by atoms with Gasteiger partial charge in [0.15, 0.2) is 5.82 Å². The monoisotopic (exact) mass is 277 g/mol. The summed E-state index contributed by atoms with van der Waals surface area (Å²) in [7, 11) is 1.89. The van der Waals surface area contributed by atoms with Crippen LogP contribution >= 0.6 is 0 Å². The van der Waals surface area contributed by atoms with Crippen LogP contribution in [-0.4, -0.2) is 23.2 Å². The Morgan fingerprint density at radius 1 is 1.25 bits per heavy atom. The second-order valence-electron chi connectivity index (χ2n) is 5.12. The molecule has 0 spiro atoms. The van der Waals surface area contributed by atoms with Gasteiger partial charge < -0.3 is 9.84 Å². The second-order valence-corrected chi connectivity index (χ2v) is 5.12. The van der Waals surface area contributed by atoms with Gasteiger partial charge in [-0.1, -0.05) is 30.3 Å². The summed E-state index contributed by atoms with van der Waals surface area (Å²) in [6, 6.07) is 7.09. The molecule has 1 N–H and O–H groups in total. The zero-order valence-electron chi connectivity index (χ0n) is 12.1. The molecule has 20 heavy (non-hydrogen) atoms. The van der Waals surface area contributed by atoms with Crippen molar-refractivity contribution >= 4 is 0 Å². The van der Waals surface area contributed by atoms with E-state index in [0.717, 1.165) is 0 Å². The first kappa shape index (κ1) is 14.7. The number of hydrogen-bond donors (Lipinski definition) is 1. The van der Waals surface area contributed by atoms with Gasteiger partial charge in [0.2, 0.25) is 5.89 Å². The van der Waals surface area contributed by atoms with E-state index in [0.29, 0.717) is 36.2 Å². The van der Waals surface area contributed by atoms with Crippen LogP contribution in [0, 0.1) is 5.82 Å². The molecule has 2 atom stereocenters. The van der Waals surface area contributed by atoms with Gasteiger partial charge in [-0.25, -0.2) is 4.39 Å². The highest BCUT2D eigenvalue weighted by Gasteiger charge is 2.16.